The van der Waals surface area contributed by atoms with Gasteiger partial charge in [-0.3, -0.25) is 14.4 Å². The molecule has 0 bridgehead atoms. The van der Waals surface area contributed by atoms with Crippen LogP contribution in [0.3, 0.4) is 0 Å². The minimum atomic E-state index is -0.628. The van der Waals surface area contributed by atoms with Crippen LogP contribution in [0.1, 0.15) is 37.1 Å². The fourth-order valence-corrected chi connectivity index (χ4v) is 4.60. The summed E-state index contributed by atoms with van der Waals surface area (Å²) in [6, 6.07) is 7.46. The molecule has 1 aliphatic rings. The summed E-state index contributed by atoms with van der Waals surface area (Å²) >= 11 is 0. The third-order valence-electron chi connectivity index (χ3n) is 4.36. The first-order chi connectivity index (χ1) is 15.9. The van der Waals surface area contributed by atoms with E-state index in [1.807, 2.05) is 24.3 Å². The summed E-state index contributed by atoms with van der Waals surface area (Å²) in [6.45, 7) is 2.12. The van der Waals surface area contributed by atoms with Crippen LogP contribution in [0.2, 0.25) is 0 Å². The topological polar surface area (TPSA) is 144 Å². The SMILES string of the molecule is Cc1nnc(-c2ccc(CNC(=O)CCSSCCC(=O)ON3C(=O)CCC3=O)cc2)nn1. The molecule has 3 rings (SSSR count). The van der Waals surface area contributed by atoms with E-state index in [4.69, 9.17) is 4.84 Å². The molecule has 3 amide bonds. The van der Waals surface area contributed by atoms with Gasteiger partial charge in [-0.2, -0.15) is 0 Å². The number of hydroxylamine groups is 2. The number of carbonyl (C=O) groups excluding carboxylic acids is 4. The van der Waals surface area contributed by atoms with Gasteiger partial charge < -0.3 is 10.2 Å². The summed E-state index contributed by atoms with van der Waals surface area (Å²) in [6.07, 6.45) is 0.548. The van der Waals surface area contributed by atoms with E-state index in [0.29, 0.717) is 41.2 Å². The highest BCUT2D eigenvalue weighted by Crippen LogP contribution is 2.23. The Bertz CT molecular complexity index is 987. The Morgan fingerprint density at radius 2 is 1.58 bits per heavy atom. The summed E-state index contributed by atoms with van der Waals surface area (Å²) in [5.74, 6) is 0.285. The van der Waals surface area contributed by atoms with Crippen molar-refractivity contribution in [3.63, 3.8) is 0 Å². The predicted molar refractivity (Wildman–Crippen MR) is 121 cm³/mol. The summed E-state index contributed by atoms with van der Waals surface area (Å²) < 4.78 is 0. The molecular weight excluding hydrogens is 468 g/mol. The first-order valence-corrected chi connectivity index (χ1v) is 12.6. The van der Waals surface area contributed by atoms with Gasteiger partial charge in [0.1, 0.15) is 0 Å². The second kappa shape index (κ2) is 12.3. The van der Waals surface area contributed by atoms with Gasteiger partial charge in [-0.15, -0.1) is 25.5 Å². The van der Waals surface area contributed by atoms with E-state index in [9.17, 15) is 19.2 Å². The van der Waals surface area contributed by atoms with E-state index >= 15 is 0 Å². The Morgan fingerprint density at radius 1 is 0.970 bits per heavy atom. The second-order valence-corrected chi connectivity index (χ2v) is 9.64. The Hall–Kier alpha value is -3.06. The molecule has 0 aliphatic carbocycles. The molecule has 2 aromatic rings. The zero-order chi connectivity index (χ0) is 23.6. The number of hydrogen-bond acceptors (Lipinski definition) is 11. The predicted octanol–water partition coefficient (Wildman–Crippen LogP) is 1.63. The molecule has 0 saturated carbocycles. The lowest BCUT2D eigenvalue weighted by Gasteiger charge is -2.12. The number of imide groups is 1. The Labute approximate surface area is 197 Å². The van der Waals surface area contributed by atoms with E-state index in [1.165, 1.54) is 21.6 Å². The number of aromatic nitrogens is 4. The summed E-state index contributed by atoms with van der Waals surface area (Å²) in [7, 11) is 2.89. The monoisotopic (exact) mass is 490 g/mol. The zero-order valence-corrected chi connectivity index (χ0v) is 19.5. The molecule has 1 aromatic heterocycles. The average Bonchev–Trinajstić information content (AvgIpc) is 3.13. The zero-order valence-electron chi connectivity index (χ0n) is 17.9. The molecule has 13 heteroatoms. The molecule has 0 unspecified atom stereocenters. The lowest BCUT2D eigenvalue weighted by atomic mass is 10.1. The van der Waals surface area contributed by atoms with Crippen LogP contribution in [0.15, 0.2) is 24.3 Å². The van der Waals surface area contributed by atoms with Crippen molar-refractivity contribution in [2.45, 2.75) is 39.2 Å². The molecule has 0 radical (unpaired) electrons. The minimum Gasteiger partial charge on any atom is -0.352 e. The molecule has 11 nitrogen and oxygen atoms in total. The van der Waals surface area contributed by atoms with Crippen LogP contribution in [0.5, 0.6) is 0 Å². The normalized spacial score (nSPS) is 13.3. The van der Waals surface area contributed by atoms with Gasteiger partial charge in [0.25, 0.3) is 11.8 Å². The van der Waals surface area contributed by atoms with E-state index < -0.39 is 17.8 Å². The van der Waals surface area contributed by atoms with Gasteiger partial charge in [-0.25, -0.2) is 4.79 Å². The first-order valence-electron chi connectivity index (χ1n) is 10.1. The van der Waals surface area contributed by atoms with Crippen LogP contribution in [-0.4, -0.2) is 60.7 Å². The molecule has 174 valence electrons. The van der Waals surface area contributed by atoms with Crippen molar-refractivity contribution in [3.05, 3.63) is 35.7 Å². The number of hydrogen-bond donors (Lipinski definition) is 1. The fourth-order valence-electron chi connectivity index (χ4n) is 2.64. The highest BCUT2D eigenvalue weighted by Gasteiger charge is 2.32. The molecule has 0 atom stereocenters. The van der Waals surface area contributed by atoms with Gasteiger partial charge in [0.2, 0.25) is 11.7 Å². The maximum atomic E-state index is 12.0. The summed E-state index contributed by atoms with van der Waals surface area (Å²) in [5, 5.41) is 19.2. The fraction of sp³-hybridized carbons (Fsp3) is 0.400. The van der Waals surface area contributed by atoms with Crippen molar-refractivity contribution in [2.75, 3.05) is 11.5 Å². The summed E-state index contributed by atoms with van der Waals surface area (Å²) in [4.78, 5) is 51.3. The van der Waals surface area contributed by atoms with E-state index in [1.54, 1.807) is 6.92 Å². The first kappa shape index (κ1) is 24.6. The van der Waals surface area contributed by atoms with Crippen LogP contribution in [0, 0.1) is 6.92 Å². The molecule has 1 fully saturated rings. The number of amides is 3. The Morgan fingerprint density at radius 3 is 2.21 bits per heavy atom. The highest BCUT2D eigenvalue weighted by atomic mass is 33.1. The lowest BCUT2D eigenvalue weighted by Crippen LogP contribution is -2.32. The van der Waals surface area contributed by atoms with Gasteiger partial charge in [0, 0.05) is 42.9 Å². The van der Waals surface area contributed by atoms with E-state index in [-0.39, 0.29) is 25.2 Å². The quantitative estimate of drug-likeness (QED) is 0.279. The van der Waals surface area contributed by atoms with E-state index in [2.05, 4.69) is 25.7 Å². The number of aryl methyl sites for hydroxylation is 1. The molecule has 0 spiro atoms. The van der Waals surface area contributed by atoms with Crippen molar-refractivity contribution >= 4 is 45.3 Å². The van der Waals surface area contributed by atoms with Gasteiger partial charge in [0.05, 0.1) is 6.42 Å². The smallest absolute Gasteiger partial charge is 0.334 e. The van der Waals surface area contributed by atoms with Gasteiger partial charge >= 0.3 is 5.97 Å². The van der Waals surface area contributed by atoms with Gasteiger partial charge in [-0.1, -0.05) is 45.9 Å². The third-order valence-corrected chi connectivity index (χ3v) is 6.77. The number of rotatable bonds is 11. The van der Waals surface area contributed by atoms with Crippen molar-refractivity contribution in [2.24, 2.45) is 0 Å². The lowest BCUT2D eigenvalue weighted by molar-refractivity contribution is -0.197. The third kappa shape index (κ3) is 7.79. The Balaban J connectivity index is 1.26. The van der Waals surface area contributed by atoms with Crippen LogP contribution in [-0.2, 0) is 30.6 Å². The van der Waals surface area contributed by atoms with Crippen molar-refractivity contribution in [1.82, 2.24) is 30.8 Å². The highest BCUT2D eigenvalue weighted by molar-refractivity contribution is 8.76. The largest absolute Gasteiger partial charge is 0.352 e. The molecule has 2 heterocycles. The molecule has 1 aliphatic heterocycles. The molecule has 33 heavy (non-hydrogen) atoms. The van der Waals surface area contributed by atoms with Crippen LogP contribution < -0.4 is 5.32 Å². The Kier molecular flexibility index (Phi) is 9.13. The average molecular weight is 491 g/mol. The maximum absolute atomic E-state index is 12.0. The van der Waals surface area contributed by atoms with Crippen molar-refractivity contribution in [3.8, 4) is 11.4 Å². The molecule has 1 N–H and O–H groups in total. The number of nitrogens with zero attached hydrogens (tertiary/aromatic N) is 5. The van der Waals surface area contributed by atoms with Crippen molar-refractivity contribution < 1.29 is 24.0 Å². The molecule has 1 saturated heterocycles. The van der Waals surface area contributed by atoms with Crippen LogP contribution >= 0.6 is 21.6 Å². The minimum absolute atomic E-state index is 0.0661. The van der Waals surface area contributed by atoms with Crippen LogP contribution in [0.4, 0.5) is 0 Å². The molecular formula is C20H22N6O5S2. The van der Waals surface area contributed by atoms with Crippen LogP contribution in [0.25, 0.3) is 11.4 Å². The van der Waals surface area contributed by atoms with Gasteiger partial charge in [-0.05, 0) is 12.5 Å². The van der Waals surface area contributed by atoms with E-state index in [0.717, 1.165) is 11.1 Å². The van der Waals surface area contributed by atoms with Gasteiger partial charge in [0.15, 0.2) is 5.82 Å². The van der Waals surface area contributed by atoms with Crippen molar-refractivity contribution in [1.29, 1.82) is 0 Å². The standard InChI is InChI=1S/C20H22N6O5S2/c1-13-22-24-20(25-23-13)15-4-2-14(3-5-15)12-21-16(27)8-10-32-33-11-9-19(30)31-26-17(28)6-7-18(26)29/h2-5H,6-12H2,1H3,(H,21,27). The number of carbonyl (C=O) groups is 4. The molecule has 1 aromatic carbocycles. The number of nitrogens with one attached hydrogen (secondary N) is 1. The number of benzene rings is 1. The summed E-state index contributed by atoms with van der Waals surface area (Å²) in [5.41, 5.74) is 1.73. The maximum Gasteiger partial charge on any atom is 0.334 e. The second-order valence-electron chi connectivity index (χ2n) is 6.93.